The molecule has 0 bridgehead atoms. The van der Waals surface area contributed by atoms with E-state index in [0.717, 1.165) is 35.9 Å². The van der Waals surface area contributed by atoms with Crippen LogP contribution < -0.4 is 21.1 Å². The second-order valence-electron chi connectivity index (χ2n) is 7.63. The predicted octanol–water partition coefficient (Wildman–Crippen LogP) is 3.76. The maximum atomic E-state index is 13.4. The Balaban J connectivity index is 1.53. The lowest BCUT2D eigenvalue weighted by Crippen LogP contribution is -2.34. The highest BCUT2D eigenvalue weighted by Crippen LogP contribution is 2.35. The molecule has 1 amide bonds. The van der Waals surface area contributed by atoms with Crippen molar-refractivity contribution in [2.24, 2.45) is 0 Å². The highest BCUT2D eigenvalue weighted by Gasteiger charge is 2.23. The van der Waals surface area contributed by atoms with Gasteiger partial charge < -0.3 is 4.74 Å². The minimum atomic E-state index is -0.376. The lowest BCUT2D eigenvalue weighted by Gasteiger charge is -2.15. The van der Waals surface area contributed by atoms with Gasteiger partial charge in [0.2, 0.25) is 5.95 Å². The van der Waals surface area contributed by atoms with Gasteiger partial charge in [-0.25, -0.2) is 4.98 Å². The van der Waals surface area contributed by atoms with Crippen LogP contribution in [0.2, 0.25) is 0 Å². The van der Waals surface area contributed by atoms with Crippen LogP contribution in [0.15, 0.2) is 59.4 Å². The highest BCUT2D eigenvalue weighted by molar-refractivity contribution is 7.19. The molecule has 7 nitrogen and oxygen atoms in total. The van der Waals surface area contributed by atoms with Crippen molar-refractivity contribution in [3.63, 3.8) is 0 Å². The zero-order valence-corrected chi connectivity index (χ0v) is 18.4. The summed E-state index contributed by atoms with van der Waals surface area (Å²) in [7, 11) is 1.52. The number of carbonyl (C=O) groups is 1. The Kier molecular flexibility index (Phi) is 5.36. The van der Waals surface area contributed by atoms with Gasteiger partial charge in [0.25, 0.3) is 11.5 Å². The van der Waals surface area contributed by atoms with Gasteiger partial charge in [-0.3, -0.25) is 25.0 Å². The molecule has 8 heteroatoms. The number of anilines is 1. The van der Waals surface area contributed by atoms with E-state index in [1.54, 1.807) is 40.2 Å². The summed E-state index contributed by atoms with van der Waals surface area (Å²) < 4.78 is 7.53. The van der Waals surface area contributed by atoms with E-state index in [2.05, 4.69) is 10.9 Å². The summed E-state index contributed by atoms with van der Waals surface area (Å²) in [5, 5.41) is 0. The maximum absolute atomic E-state index is 13.4. The Morgan fingerprint density at radius 1 is 1.12 bits per heavy atom. The van der Waals surface area contributed by atoms with E-state index in [-0.39, 0.29) is 11.5 Å². The minimum Gasteiger partial charge on any atom is -0.496 e. The van der Waals surface area contributed by atoms with Crippen molar-refractivity contribution < 1.29 is 9.53 Å². The van der Waals surface area contributed by atoms with E-state index in [0.29, 0.717) is 28.5 Å². The van der Waals surface area contributed by atoms with Crippen molar-refractivity contribution in [2.75, 3.05) is 12.5 Å². The van der Waals surface area contributed by atoms with E-state index in [9.17, 15) is 9.59 Å². The third-order valence-corrected chi connectivity index (χ3v) is 6.90. The molecule has 0 aliphatic heterocycles. The fraction of sp³-hybridized carbons (Fsp3) is 0.208. The Morgan fingerprint density at radius 3 is 2.72 bits per heavy atom. The number of aryl methyl sites for hydroxylation is 2. The predicted molar refractivity (Wildman–Crippen MR) is 126 cm³/mol. The molecule has 0 radical (unpaired) electrons. The molecule has 2 aromatic carbocycles. The van der Waals surface area contributed by atoms with Gasteiger partial charge >= 0.3 is 0 Å². The number of hydrogen-bond acceptors (Lipinski definition) is 6. The molecule has 162 valence electrons. The number of thiophene rings is 1. The lowest BCUT2D eigenvalue weighted by atomic mass is 10.2. The van der Waals surface area contributed by atoms with Gasteiger partial charge in [0.15, 0.2) is 0 Å². The average Bonchev–Trinajstić information content (AvgIpc) is 3.42. The summed E-state index contributed by atoms with van der Waals surface area (Å²) in [6, 6.07) is 16.7. The van der Waals surface area contributed by atoms with Crippen LogP contribution in [-0.4, -0.2) is 22.6 Å². The van der Waals surface area contributed by atoms with Crippen LogP contribution in [-0.2, 0) is 19.4 Å². The summed E-state index contributed by atoms with van der Waals surface area (Å²) in [5.74, 6) is 0.397. The fourth-order valence-corrected chi connectivity index (χ4v) is 5.33. The topological polar surface area (TPSA) is 85.2 Å². The van der Waals surface area contributed by atoms with Gasteiger partial charge in [-0.1, -0.05) is 42.5 Å². The zero-order chi connectivity index (χ0) is 22.1. The SMILES string of the molecule is COc1ccccc1C(=O)NNc1nc2c3c(sc2c(=O)n1Cc1ccccc1)CCC3. The number of nitrogens with one attached hydrogen (secondary N) is 2. The van der Waals surface area contributed by atoms with Crippen LogP contribution in [0.1, 0.15) is 32.8 Å². The molecule has 2 heterocycles. The zero-order valence-electron chi connectivity index (χ0n) is 17.6. The Labute approximate surface area is 188 Å². The van der Waals surface area contributed by atoms with Gasteiger partial charge in [0.05, 0.1) is 24.7 Å². The van der Waals surface area contributed by atoms with Gasteiger partial charge in [0.1, 0.15) is 10.4 Å². The van der Waals surface area contributed by atoms with Gasteiger partial charge in [-0.2, -0.15) is 0 Å². The average molecular weight is 447 g/mol. The first kappa shape index (κ1) is 20.3. The molecule has 5 rings (SSSR count). The molecule has 1 aliphatic rings. The molecule has 2 aromatic heterocycles. The van der Waals surface area contributed by atoms with Crippen LogP contribution in [0.5, 0.6) is 5.75 Å². The molecular formula is C24H22N4O3S. The summed E-state index contributed by atoms with van der Waals surface area (Å²) in [4.78, 5) is 32.3. The fourth-order valence-electron chi connectivity index (χ4n) is 4.06. The molecule has 0 saturated heterocycles. The largest absolute Gasteiger partial charge is 0.496 e. The van der Waals surface area contributed by atoms with Gasteiger partial charge in [-0.15, -0.1) is 11.3 Å². The van der Waals surface area contributed by atoms with Crippen molar-refractivity contribution in [1.29, 1.82) is 0 Å². The number of fused-ring (bicyclic) bond motifs is 3. The molecule has 0 saturated carbocycles. The van der Waals surface area contributed by atoms with Crippen LogP contribution in [0.25, 0.3) is 10.2 Å². The number of nitrogens with zero attached hydrogens (tertiary/aromatic N) is 2. The Morgan fingerprint density at radius 2 is 1.91 bits per heavy atom. The number of aromatic nitrogens is 2. The third-order valence-electron chi connectivity index (χ3n) is 5.63. The summed E-state index contributed by atoms with van der Waals surface area (Å²) in [6.45, 7) is 0.345. The number of hydrazine groups is 1. The Hall–Kier alpha value is -3.65. The Bertz CT molecular complexity index is 1360. The van der Waals surface area contributed by atoms with Crippen molar-refractivity contribution in [1.82, 2.24) is 15.0 Å². The van der Waals surface area contributed by atoms with Crippen LogP contribution in [0.3, 0.4) is 0 Å². The highest BCUT2D eigenvalue weighted by atomic mass is 32.1. The first-order valence-corrected chi connectivity index (χ1v) is 11.3. The molecular weight excluding hydrogens is 424 g/mol. The number of amides is 1. The first-order valence-electron chi connectivity index (χ1n) is 10.4. The second-order valence-corrected chi connectivity index (χ2v) is 8.73. The monoisotopic (exact) mass is 446 g/mol. The van der Waals surface area contributed by atoms with Crippen molar-refractivity contribution in [3.05, 3.63) is 86.5 Å². The van der Waals surface area contributed by atoms with E-state index in [1.807, 2.05) is 30.3 Å². The number of methoxy groups -OCH3 is 1. The first-order chi connectivity index (χ1) is 15.7. The number of ether oxygens (including phenoxy) is 1. The second kappa shape index (κ2) is 8.47. The number of benzene rings is 2. The van der Waals surface area contributed by atoms with Gasteiger partial charge in [-0.05, 0) is 42.5 Å². The molecule has 1 aliphatic carbocycles. The number of rotatable bonds is 6. The van der Waals surface area contributed by atoms with Crippen LogP contribution >= 0.6 is 11.3 Å². The third kappa shape index (κ3) is 3.62. The number of hydrogen-bond donors (Lipinski definition) is 2. The summed E-state index contributed by atoms with van der Waals surface area (Å²) in [6.07, 6.45) is 3.00. The summed E-state index contributed by atoms with van der Waals surface area (Å²) >= 11 is 1.55. The molecule has 0 fully saturated rings. The van der Waals surface area contributed by atoms with Crippen LogP contribution in [0.4, 0.5) is 5.95 Å². The summed E-state index contributed by atoms with van der Waals surface area (Å²) in [5.41, 5.74) is 8.73. The molecule has 32 heavy (non-hydrogen) atoms. The minimum absolute atomic E-state index is 0.104. The molecule has 4 aromatic rings. The van der Waals surface area contributed by atoms with Crippen molar-refractivity contribution in [3.8, 4) is 5.75 Å². The van der Waals surface area contributed by atoms with Crippen molar-refractivity contribution in [2.45, 2.75) is 25.8 Å². The molecule has 0 spiro atoms. The number of carbonyl (C=O) groups excluding carboxylic acids is 1. The number of para-hydroxylation sites is 1. The quantitative estimate of drug-likeness (QED) is 0.441. The molecule has 2 N–H and O–H groups in total. The van der Waals surface area contributed by atoms with Crippen molar-refractivity contribution >= 4 is 33.4 Å². The van der Waals surface area contributed by atoms with Gasteiger partial charge in [0, 0.05) is 4.88 Å². The molecule has 0 unspecified atom stereocenters. The molecule has 0 atom stereocenters. The smallest absolute Gasteiger partial charge is 0.273 e. The maximum Gasteiger partial charge on any atom is 0.273 e. The van der Waals surface area contributed by atoms with E-state index in [1.165, 1.54) is 12.0 Å². The normalized spacial score (nSPS) is 12.5. The standard InChI is InChI=1S/C24H22N4O3S/c1-31-18-12-6-5-10-16(18)22(29)26-27-24-25-20-17-11-7-13-19(17)32-21(20)23(30)28(24)14-15-8-3-2-4-9-15/h2-6,8-10,12H,7,11,13-14H2,1H3,(H,25,27)(H,26,29). The van der Waals surface area contributed by atoms with E-state index >= 15 is 0 Å². The van der Waals surface area contributed by atoms with Crippen LogP contribution in [0, 0.1) is 0 Å². The van der Waals surface area contributed by atoms with E-state index in [4.69, 9.17) is 9.72 Å². The van der Waals surface area contributed by atoms with E-state index < -0.39 is 0 Å². The lowest BCUT2D eigenvalue weighted by molar-refractivity contribution is 0.0959.